The number of thioether (sulfide) groups is 1. The molecule has 4 nitrogen and oxygen atoms in total. The minimum absolute atomic E-state index is 0.0215. The van der Waals surface area contributed by atoms with Gasteiger partial charge < -0.3 is 4.90 Å². The van der Waals surface area contributed by atoms with Crippen LogP contribution in [0.25, 0.3) is 0 Å². The van der Waals surface area contributed by atoms with Crippen molar-refractivity contribution in [2.45, 2.75) is 12.2 Å². The fraction of sp³-hybridized carbons (Fsp3) is 0.455. The lowest BCUT2D eigenvalue weighted by atomic mass is 10.2. The number of rotatable bonds is 2. The van der Waals surface area contributed by atoms with Crippen LogP contribution in [0, 0.1) is 10.1 Å². The van der Waals surface area contributed by atoms with E-state index in [2.05, 4.69) is 6.92 Å². The van der Waals surface area contributed by atoms with Crippen molar-refractivity contribution in [2.75, 3.05) is 23.7 Å². The molecule has 0 N–H and O–H groups in total. The summed E-state index contributed by atoms with van der Waals surface area (Å²) in [6.45, 7) is 3.79. The third-order valence-electron chi connectivity index (χ3n) is 2.73. The molecule has 1 aliphatic heterocycles. The van der Waals surface area contributed by atoms with Crippen LogP contribution in [-0.2, 0) is 0 Å². The van der Waals surface area contributed by atoms with E-state index in [1.807, 2.05) is 16.7 Å². The summed E-state index contributed by atoms with van der Waals surface area (Å²) in [6.07, 6.45) is 0. The van der Waals surface area contributed by atoms with Crippen LogP contribution >= 0.6 is 23.4 Å². The maximum absolute atomic E-state index is 11.1. The van der Waals surface area contributed by atoms with Gasteiger partial charge in [-0.1, -0.05) is 24.6 Å². The summed E-state index contributed by atoms with van der Waals surface area (Å²) in [4.78, 5) is 12.7. The SMILES string of the molecule is CC1CN(c2cccc(Cl)c2[N+](=O)[O-])CCS1. The molecule has 0 bridgehead atoms. The minimum Gasteiger partial charge on any atom is -0.364 e. The van der Waals surface area contributed by atoms with E-state index in [0.29, 0.717) is 10.9 Å². The van der Waals surface area contributed by atoms with Crippen molar-refractivity contribution >= 4 is 34.7 Å². The van der Waals surface area contributed by atoms with Crippen molar-refractivity contribution in [3.8, 4) is 0 Å². The van der Waals surface area contributed by atoms with Crippen LogP contribution in [0.15, 0.2) is 18.2 Å². The number of nitro benzene ring substituents is 1. The summed E-state index contributed by atoms with van der Waals surface area (Å²) < 4.78 is 0. The predicted molar refractivity (Wildman–Crippen MR) is 72.2 cm³/mol. The lowest BCUT2D eigenvalue weighted by Crippen LogP contribution is -2.36. The highest BCUT2D eigenvalue weighted by Crippen LogP contribution is 2.36. The summed E-state index contributed by atoms with van der Waals surface area (Å²) >= 11 is 7.80. The lowest BCUT2D eigenvalue weighted by Gasteiger charge is -2.32. The quantitative estimate of drug-likeness (QED) is 0.613. The first-order chi connectivity index (χ1) is 8.09. The van der Waals surface area contributed by atoms with Crippen molar-refractivity contribution in [3.05, 3.63) is 33.3 Å². The molecule has 0 aromatic heterocycles. The fourth-order valence-electron chi connectivity index (χ4n) is 1.98. The molecule has 0 amide bonds. The topological polar surface area (TPSA) is 46.4 Å². The molecule has 1 saturated heterocycles. The van der Waals surface area contributed by atoms with Gasteiger partial charge in [0.1, 0.15) is 10.7 Å². The molecule has 6 heteroatoms. The van der Waals surface area contributed by atoms with E-state index in [4.69, 9.17) is 11.6 Å². The molecule has 17 heavy (non-hydrogen) atoms. The number of para-hydroxylation sites is 1. The van der Waals surface area contributed by atoms with Gasteiger partial charge in [0.2, 0.25) is 0 Å². The van der Waals surface area contributed by atoms with Crippen LogP contribution in [-0.4, -0.2) is 29.0 Å². The molecule has 1 aromatic carbocycles. The summed E-state index contributed by atoms with van der Waals surface area (Å²) in [5.41, 5.74) is 0.655. The van der Waals surface area contributed by atoms with E-state index in [1.165, 1.54) is 0 Å². The lowest BCUT2D eigenvalue weighted by molar-refractivity contribution is -0.384. The molecule has 1 aliphatic rings. The first-order valence-electron chi connectivity index (χ1n) is 5.39. The Morgan fingerprint density at radius 3 is 3.00 bits per heavy atom. The summed E-state index contributed by atoms with van der Waals surface area (Å²) in [5.74, 6) is 0.991. The average Bonchev–Trinajstić information content (AvgIpc) is 2.28. The fourth-order valence-corrected chi connectivity index (χ4v) is 3.23. The smallest absolute Gasteiger partial charge is 0.310 e. The monoisotopic (exact) mass is 272 g/mol. The van der Waals surface area contributed by atoms with Crippen molar-refractivity contribution in [1.29, 1.82) is 0 Å². The minimum atomic E-state index is -0.399. The molecular weight excluding hydrogens is 260 g/mol. The molecule has 0 spiro atoms. The Bertz CT molecular complexity index is 441. The van der Waals surface area contributed by atoms with Crippen molar-refractivity contribution in [3.63, 3.8) is 0 Å². The highest BCUT2D eigenvalue weighted by Gasteiger charge is 2.25. The van der Waals surface area contributed by atoms with Crippen molar-refractivity contribution in [2.24, 2.45) is 0 Å². The molecule has 0 saturated carbocycles. The van der Waals surface area contributed by atoms with E-state index >= 15 is 0 Å². The number of anilines is 1. The molecular formula is C11H13ClN2O2S. The summed E-state index contributed by atoms with van der Waals surface area (Å²) in [7, 11) is 0. The molecule has 2 rings (SSSR count). The first kappa shape index (κ1) is 12.5. The molecule has 1 heterocycles. The zero-order valence-corrected chi connectivity index (χ0v) is 11.0. The van der Waals surface area contributed by atoms with E-state index in [9.17, 15) is 10.1 Å². The second-order valence-corrected chi connectivity index (χ2v) is 5.95. The van der Waals surface area contributed by atoms with Gasteiger partial charge in [-0.05, 0) is 12.1 Å². The van der Waals surface area contributed by atoms with Crippen LogP contribution in [0.5, 0.6) is 0 Å². The molecule has 92 valence electrons. The number of nitro groups is 1. The number of hydrogen-bond acceptors (Lipinski definition) is 4. The van der Waals surface area contributed by atoms with Gasteiger partial charge in [0, 0.05) is 24.1 Å². The Morgan fingerprint density at radius 2 is 2.35 bits per heavy atom. The van der Waals surface area contributed by atoms with Crippen LogP contribution < -0.4 is 4.90 Å². The number of hydrogen-bond donors (Lipinski definition) is 0. The van der Waals surface area contributed by atoms with Crippen LogP contribution in [0.1, 0.15) is 6.92 Å². The Hall–Kier alpha value is -0.940. The Morgan fingerprint density at radius 1 is 1.59 bits per heavy atom. The van der Waals surface area contributed by atoms with E-state index < -0.39 is 4.92 Å². The molecule has 1 atom stereocenters. The first-order valence-corrected chi connectivity index (χ1v) is 6.81. The third-order valence-corrected chi connectivity index (χ3v) is 4.17. The van der Waals surface area contributed by atoms with Gasteiger partial charge in [0.05, 0.1) is 4.92 Å². The van der Waals surface area contributed by atoms with Gasteiger partial charge in [0.25, 0.3) is 0 Å². The van der Waals surface area contributed by atoms with E-state index in [1.54, 1.807) is 18.2 Å². The zero-order valence-electron chi connectivity index (χ0n) is 9.43. The summed E-state index contributed by atoms with van der Waals surface area (Å²) in [5, 5.41) is 11.8. The second kappa shape index (κ2) is 5.14. The van der Waals surface area contributed by atoms with Crippen LogP contribution in [0.3, 0.4) is 0 Å². The Labute approximate surface area is 109 Å². The van der Waals surface area contributed by atoms with Gasteiger partial charge in [-0.25, -0.2) is 0 Å². The maximum Gasteiger partial charge on any atom is 0.310 e. The number of nitrogens with zero attached hydrogens (tertiary/aromatic N) is 2. The van der Waals surface area contributed by atoms with Gasteiger partial charge in [-0.2, -0.15) is 11.8 Å². The van der Waals surface area contributed by atoms with Crippen molar-refractivity contribution < 1.29 is 4.92 Å². The second-order valence-electron chi connectivity index (χ2n) is 3.99. The Kier molecular flexibility index (Phi) is 3.79. The molecule has 0 radical (unpaired) electrons. The highest BCUT2D eigenvalue weighted by atomic mass is 35.5. The number of halogens is 1. The highest BCUT2D eigenvalue weighted by molar-refractivity contribution is 8.00. The maximum atomic E-state index is 11.1. The van der Waals surface area contributed by atoms with Gasteiger partial charge >= 0.3 is 5.69 Å². The van der Waals surface area contributed by atoms with Crippen LogP contribution in [0.2, 0.25) is 5.02 Å². The Balaban J connectivity index is 2.37. The van der Waals surface area contributed by atoms with Crippen LogP contribution in [0.4, 0.5) is 11.4 Å². The molecule has 1 aromatic rings. The number of benzene rings is 1. The largest absolute Gasteiger partial charge is 0.364 e. The molecule has 1 unspecified atom stereocenters. The average molecular weight is 273 g/mol. The molecule has 0 aliphatic carbocycles. The zero-order chi connectivity index (χ0) is 12.4. The summed E-state index contributed by atoms with van der Waals surface area (Å²) in [6, 6.07) is 5.09. The molecule has 1 fully saturated rings. The van der Waals surface area contributed by atoms with E-state index in [0.717, 1.165) is 18.8 Å². The van der Waals surface area contributed by atoms with Gasteiger partial charge in [-0.3, -0.25) is 10.1 Å². The van der Waals surface area contributed by atoms with E-state index in [-0.39, 0.29) is 10.7 Å². The normalized spacial score (nSPS) is 20.4. The standard InChI is InChI=1S/C11H13ClN2O2S/c1-8-7-13(5-6-17-8)10-4-2-3-9(12)11(10)14(15)16/h2-4,8H,5-7H2,1H3. The van der Waals surface area contributed by atoms with Gasteiger partial charge in [-0.15, -0.1) is 0 Å². The predicted octanol–water partition coefficient (Wildman–Crippen LogP) is 3.19. The van der Waals surface area contributed by atoms with Crippen molar-refractivity contribution in [1.82, 2.24) is 0 Å². The van der Waals surface area contributed by atoms with Gasteiger partial charge in [0.15, 0.2) is 0 Å². The third kappa shape index (κ3) is 2.66.